The molecular formula is C21H22N2OS2. The van der Waals surface area contributed by atoms with Crippen LogP contribution in [0, 0.1) is 6.92 Å². The third-order valence-corrected chi connectivity index (χ3v) is 5.65. The van der Waals surface area contributed by atoms with E-state index >= 15 is 0 Å². The summed E-state index contributed by atoms with van der Waals surface area (Å²) in [6.45, 7) is 6.75. The molecule has 1 aliphatic heterocycles. The van der Waals surface area contributed by atoms with Crippen LogP contribution in [-0.2, 0) is 4.79 Å². The first-order valence-electron chi connectivity index (χ1n) is 8.60. The number of amides is 1. The molecule has 0 atom stereocenters. The Bertz CT molecular complexity index is 839. The van der Waals surface area contributed by atoms with Crippen LogP contribution in [0.4, 0.5) is 5.69 Å². The molecule has 3 rings (SSSR count). The number of anilines is 1. The number of hydrogen-bond acceptors (Lipinski definition) is 4. The van der Waals surface area contributed by atoms with E-state index in [2.05, 4.69) is 31.3 Å². The van der Waals surface area contributed by atoms with Gasteiger partial charge >= 0.3 is 0 Å². The van der Waals surface area contributed by atoms with Crippen LogP contribution in [0.1, 0.15) is 36.5 Å². The third kappa shape index (κ3) is 4.34. The van der Waals surface area contributed by atoms with E-state index in [0.717, 1.165) is 11.3 Å². The minimum absolute atomic E-state index is 0.0486. The number of carbonyl (C=O) groups excluding carboxylic acids is 1. The van der Waals surface area contributed by atoms with Crippen LogP contribution in [-0.4, -0.2) is 21.8 Å². The summed E-state index contributed by atoms with van der Waals surface area (Å²) in [6.07, 6.45) is 1.91. The Morgan fingerprint density at radius 2 is 1.77 bits per heavy atom. The van der Waals surface area contributed by atoms with E-state index in [0.29, 0.717) is 21.8 Å². The van der Waals surface area contributed by atoms with Gasteiger partial charge in [0.2, 0.25) is 0 Å². The fourth-order valence-electron chi connectivity index (χ4n) is 2.61. The number of hydrogen-bond donors (Lipinski definition) is 1. The molecule has 1 aliphatic rings. The molecule has 0 spiro atoms. The van der Waals surface area contributed by atoms with E-state index < -0.39 is 0 Å². The Balaban J connectivity index is 1.68. The number of carbonyl (C=O) groups is 1. The quantitative estimate of drug-likeness (QED) is 0.555. The molecule has 1 N–H and O–H groups in total. The van der Waals surface area contributed by atoms with Gasteiger partial charge in [0.05, 0.1) is 11.6 Å². The lowest BCUT2D eigenvalue weighted by atomic mass is 10.0. The summed E-state index contributed by atoms with van der Waals surface area (Å²) in [7, 11) is 0. The highest BCUT2D eigenvalue weighted by atomic mass is 32.2. The molecule has 26 heavy (non-hydrogen) atoms. The summed E-state index contributed by atoms with van der Waals surface area (Å²) in [4.78, 5) is 15.0. The van der Waals surface area contributed by atoms with Crippen molar-refractivity contribution in [2.24, 2.45) is 0 Å². The first-order chi connectivity index (χ1) is 12.4. The fourth-order valence-corrected chi connectivity index (χ4v) is 3.86. The molecular weight excluding hydrogens is 360 g/mol. The molecule has 5 heteroatoms. The van der Waals surface area contributed by atoms with Crippen molar-refractivity contribution in [1.29, 1.82) is 0 Å². The SMILES string of the molecule is Cc1ccc(NCN2C(=O)C(=Cc3ccc(C(C)C)cc3)SC2=S)cc1. The molecule has 2 aromatic carbocycles. The number of rotatable bonds is 5. The zero-order valence-corrected chi connectivity index (χ0v) is 16.8. The lowest BCUT2D eigenvalue weighted by molar-refractivity contribution is -0.121. The molecule has 0 aliphatic carbocycles. The molecule has 2 aromatic rings. The van der Waals surface area contributed by atoms with E-state index in [4.69, 9.17) is 12.2 Å². The number of thioether (sulfide) groups is 1. The van der Waals surface area contributed by atoms with Gasteiger partial charge in [0.1, 0.15) is 4.32 Å². The number of aryl methyl sites for hydroxylation is 1. The van der Waals surface area contributed by atoms with Gasteiger partial charge in [-0.3, -0.25) is 9.69 Å². The third-order valence-electron chi connectivity index (χ3n) is 4.27. The Hall–Kier alpha value is -2.11. The second kappa shape index (κ2) is 8.06. The van der Waals surface area contributed by atoms with Gasteiger partial charge in [-0.1, -0.05) is 79.8 Å². The topological polar surface area (TPSA) is 32.3 Å². The fraction of sp³-hybridized carbons (Fsp3) is 0.238. The maximum atomic E-state index is 12.7. The highest BCUT2D eigenvalue weighted by molar-refractivity contribution is 8.26. The first kappa shape index (κ1) is 18.7. The average molecular weight is 383 g/mol. The van der Waals surface area contributed by atoms with Crippen molar-refractivity contribution in [2.45, 2.75) is 26.7 Å². The van der Waals surface area contributed by atoms with Gasteiger partial charge in [0.15, 0.2) is 0 Å². The number of benzene rings is 2. The van der Waals surface area contributed by atoms with Crippen molar-refractivity contribution < 1.29 is 4.79 Å². The molecule has 0 saturated carbocycles. The summed E-state index contributed by atoms with van der Waals surface area (Å²) >= 11 is 6.74. The van der Waals surface area contributed by atoms with Gasteiger partial charge in [-0.2, -0.15) is 0 Å². The van der Waals surface area contributed by atoms with Gasteiger partial charge < -0.3 is 5.32 Å². The van der Waals surface area contributed by atoms with E-state index in [1.165, 1.54) is 22.9 Å². The van der Waals surface area contributed by atoms with Crippen LogP contribution in [0.5, 0.6) is 0 Å². The predicted octanol–water partition coefficient (Wildman–Crippen LogP) is 5.39. The summed E-state index contributed by atoms with van der Waals surface area (Å²) in [5.74, 6) is 0.447. The highest BCUT2D eigenvalue weighted by Gasteiger charge is 2.31. The van der Waals surface area contributed by atoms with Crippen molar-refractivity contribution in [3.8, 4) is 0 Å². The average Bonchev–Trinajstić information content (AvgIpc) is 2.88. The maximum Gasteiger partial charge on any atom is 0.267 e. The molecule has 1 heterocycles. The van der Waals surface area contributed by atoms with E-state index in [-0.39, 0.29) is 5.91 Å². The number of nitrogens with zero attached hydrogens (tertiary/aromatic N) is 1. The normalized spacial score (nSPS) is 16.0. The summed E-state index contributed by atoms with van der Waals surface area (Å²) in [5.41, 5.74) is 4.48. The molecule has 1 amide bonds. The zero-order chi connectivity index (χ0) is 18.7. The smallest absolute Gasteiger partial charge is 0.267 e. The lowest BCUT2D eigenvalue weighted by Crippen LogP contribution is -2.33. The van der Waals surface area contributed by atoms with Gasteiger partial charge in [-0.15, -0.1) is 0 Å². The van der Waals surface area contributed by atoms with Gasteiger partial charge in [-0.25, -0.2) is 0 Å². The molecule has 134 valence electrons. The monoisotopic (exact) mass is 382 g/mol. The number of thiocarbonyl (C=S) groups is 1. The molecule has 0 unspecified atom stereocenters. The van der Waals surface area contributed by atoms with Gasteiger partial charge in [0.25, 0.3) is 5.91 Å². The number of nitrogens with one attached hydrogen (secondary N) is 1. The maximum absolute atomic E-state index is 12.7. The van der Waals surface area contributed by atoms with E-state index in [1.807, 2.05) is 49.4 Å². The summed E-state index contributed by atoms with van der Waals surface area (Å²) in [5, 5.41) is 3.26. The van der Waals surface area contributed by atoms with Crippen LogP contribution in [0.15, 0.2) is 53.4 Å². The molecule has 1 fully saturated rings. The van der Waals surface area contributed by atoms with Crippen LogP contribution in [0.25, 0.3) is 6.08 Å². The van der Waals surface area contributed by atoms with Gasteiger partial charge in [-0.05, 0) is 42.2 Å². The van der Waals surface area contributed by atoms with Crippen LogP contribution >= 0.6 is 24.0 Å². The largest absolute Gasteiger partial charge is 0.367 e. The molecule has 0 bridgehead atoms. The van der Waals surface area contributed by atoms with Crippen LogP contribution in [0.2, 0.25) is 0 Å². The van der Waals surface area contributed by atoms with Crippen molar-refractivity contribution in [2.75, 3.05) is 12.0 Å². The second-order valence-corrected chi connectivity index (χ2v) is 8.31. The van der Waals surface area contributed by atoms with Crippen molar-refractivity contribution in [3.05, 3.63) is 70.1 Å². The standard InChI is InChI=1S/C21H22N2OS2/c1-14(2)17-8-6-16(7-9-17)12-19-20(24)23(21(25)26-19)13-22-18-10-4-15(3)5-11-18/h4-12,14,22H,13H2,1-3H3. The Kier molecular flexibility index (Phi) is 5.79. The Morgan fingerprint density at radius 3 is 2.38 bits per heavy atom. The Labute approximate surface area is 164 Å². The van der Waals surface area contributed by atoms with Crippen LogP contribution < -0.4 is 5.32 Å². The second-order valence-electron chi connectivity index (χ2n) is 6.63. The zero-order valence-electron chi connectivity index (χ0n) is 15.2. The minimum atomic E-state index is -0.0486. The minimum Gasteiger partial charge on any atom is -0.367 e. The lowest BCUT2D eigenvalue weighted by Gasteiger charge is -2.16. The predicted molar refractivity (Wildman–Crippen MR) is 115 cm³/mol. The molecule has 1 saturated heterocycles. The van der Waals surface area contributed by atoms with Crippen LogP contribution in [0.3, 0.4) is 0 Å². The first-order valence-corrected chi connectivity index (χ1v) is 9.82. The van der Waals surface area contributed by atoms with Crippen molar-refractivity contribution >= 4 is 46.0 Å². The van der Waals surface area contributed by atoms with Gasteiger partial charge in [0, 0.05) is 5.69 Å². The van der Waals surface area contributed by atoms with Crippen molar-refractivity contribution in [1.82, 2.24) is 4.90 Å². The van der Waals surface area contributed by atoms with Crippen molar-refractivity contribution in [3.63, 3.8) is 0 Å². The van der Waals surface area contributed by atoms with E-state index in [1.54, 1.807) is 4.90 Å². The molecule has 0 aromatic heterocycles. The summed E-state index contributed by atoms with van der Waals surface area (Å²) in [6, 6.07) is 16.4. The van der Waals surface area contributed by atoms with E-state index in [9.17, 15) is 4.79 Å². The molecule has 0 radical (unpaired) electrons. The Morgan fingerprint density at radius 1 is 1.12 bits per heavy atom. The molecule has 3 nitrogen and oxygen atoms in total. The highest BCUT2D eigenvalue weighted by Crippen LogP contribution is 2.32. The summed E-state index contributed by atoms with van der Waals surface area (Å²) < 4.78 is 0.583.